The summed E-state index contributed by atoms with van der Waals surface area (Å²) in [4.78, 5) is 32.8. The molecule has 2 heterocycles. The topological polar surface area (TPSA) is 73.2 Å². The Morgan fingerprint density at radius 2 is 1.69 bits per heavy atom. The smallest absolute Gasteiger partial charge is 0.267 e. The van der Waals surface area contributed by atoms with Crippen LogP contribution < -0.4 is 15.6 Å². The highest BCUT2D eigenvalue weighted by atomic mass is 32.2. The fourth-order valence-corrected chi connectivity index (χ4v) is 5.63. The maximum absolute atomic E-state index is 13.6. The van der Waals surface area contributed by atoms with Crippen molar-refractivity contribution in [1.82, 2.24) is 9.55 Å². The van der Waals surface area contributed by atoms with E-state index in [1.807, 2.05) is 85.8 Å². The van der Waals surface area contributed by atoms with Gasteiger partial charge < -0.3 is 10.1 Å². The number of nitrogens with one attached hydrogen (secondary N) is 1. The van der Waals surface area contributed by atoms with Gasteiger partial charge in [-0.15, -0.1) is 11.3 Å². The lowest BCUT2D eigenvalue weighted by Crippen LogP contribution is -2.22. The van der Waals surface area contributed by atoms with Gasteiger partial charge in [-0.2, -0.15) is 0 Å². The van der Waals surface area contributed by atoms with E-state index < -0.39 is 0 Å². The molecule has 0 radical (unpaired) electrons. The molecule has 0 aliphatic heterocycles. The lowest BCUT2D eigenvalue weighted by atomic mass is 10.2. The summed E-state index contributed by atoms with van der Waals surface area (Å²) in [6.45, 7) is 2.51. The van der Waals surface area contributed by atoms with Crippen molar-refractivity contribution in [2.24, 2.45) is 0 Å². The number of ether oxygens (including phenoxy) is 1. The molecule has 1 N–H and O–H groups in total. The molecular weight excluding hydrogens is 490 g/mol. The third kappa shape index (κ3) is 5.19. The lowest BCUT2D eigenvalue weighted by molar-refractivity contribution is -0.113. The Morgan fingerprint density at radius 1 is 1.00 bits per heavy atom. The van der Waals surface area contributed by atoms with E-state index in [1.54, 1.807) is 16.7 Å². The Balaban J connectivity index is 1.44. The first-order chi connectivity index (χ1) is 17.6. The summed E-state index contributed by atoms with van der Waals surface area (Å²) in [5, 5.41) is 3.93. The molecule has 5 rings (SSSR count). The van der Waals surface area contributed by atoms with Crippen LogP contribution in [0.25, 0.3) is 26.3 Å². The van der Waals surface area contributed by atoms with Crippen LogP contribution in [-0.2, 0) is 4.79 Å². The van der Waals surface area contributed by atoms with E-state index in [-0.39, 0.29) is 17.2 Å². The highest BCUT2D eigenvalue weighted by molar-refractivity contribution is 7.99. The summed E-state index contributed by atoms with van der Waals surface area (Å²) >= 11 is 2.71. The van der Waals surface area contributed by atoms with Crippen LogP contribution >= 0.6 is 23.1 Å². The molecule has 36 heavy (non-hydrogen) atoms. The van der Waals surface area contributed by atoms with E-state index in [4.69, 9.17) is 9.72 Å². The highest BCUT2D eigenvalue weighted by Crippen LogP contribution is 2.32. The second-order valence-electron chi connectivity index (χ2n) is 7.86. The van der Waals surface area contributed by atoms with Gasteiger partial charge in [0.25, 0.3) is 5.56 Å². The van der Waals surface area contributed by atoms with Crippen LogP contribution in [0.1, 0.15) is 6.92 Å². The first kappa shape index (κ1) is 23.8. The summed E-state index contributed by atoms with van der Waals surface area (Å²) in [6.07, 6.45) is 0. The summed E-state index contributed by atoms with van der Waals surface area (Å²) < 4.78 is 7.03. The van der Waals surface area contributed by atoms with E-state index in [2.05, 4.69) is 5.32 Å². The molecular formula is C28H23N3O3S2. The first-order valence-corrected chi connectivity index (χ1v) is 13.3. The molecule has 0 atom stereocenters. The molecule has 0 fully saturated rings. The maximum Gasteiger partial charge on any atom is 0.267 e. The van der Waals surface area contributed by atoms with Crippen molar-refractivity contribution in [3.8, 4) is 21.9 Å². The number of amides is 1. The third-order valence-electron chi connectivity index (χ3n) is 5.39. The summed E-state index contributed by atoms with van der Waals surface area (Å²) in [7, 11) is 0. The Kier molecular flexibility index (Phi) is 7.16. The zero-order valence-corrected chi connectivity index (χ0v) is 21.1. The Labute approximate surface area is 216 Å². The Morgan fingerprint density at radius 3 is 2.39 bits per heavy atom. The van der Waals surface area contributed by atoms with Gasteiger partial charge in [-0.25, -0.2) is 4.98 Å². The predicted octanol–water partition coefficient (Wildman–Crippen LogP) is 6.24. The molecule has 2 aromatic heterocycles. The fraction of sp³-hybridized carbons (Fsp3) is 0.107. The summed E-state index contributed by atoms with van der Waals surface area (Å²) in [5.41, 5.74) is 2.27. The number of fused-ring (bicyclic) bond motifs is 1. The van der Waals surface area contributed by atoms with E-state index >= 15 is 0 Å². The lowest BCUT2D eigenvalue weighted by Gasteiger charge is -2.12. The monoisotopic (exact) mass is 513 g/mol. The zero-order chi connectivity index (χ0) is 24.9. The van der Waals surface area contributed by atoms with Gasteiger partial charge in [-0.3, -0.25) is 14.2 Å². The van der Waals surface area contributed by atoms with Crippen LogP contribution in [0, 0.1) is 0 Å². The van der Waals surface area contributed by atoms with Gasteiger partial charge in [-0.05, 0) is 55.0 Å². The zero-order valence-electron chi connectivity index (χ0n) is 19.5. The highest BCUT2D eigenvalue weighted by Gasteiger charge is 2.17. The van der Waals surface area contributed by atoms with Crippen LogP contribution in [0.5, 0.6) is 5.75 Å². The number of benzene rings is 3. The maximum atomic E-state index is 13.6. The summed E-state index contributed by atoms with van der Waals surface area (Å²) in [6, 6.07) is 28.4. The minimum absolute atomic E-state index is 0.106. The van der Waals surface area contributed by atoms with Crippen molar-refractivity contribution in [2.45, 2.75) is 12.1 Å². The van der Waals surface area contributed by atoms with Crippen molar-refractivity contribution in [2.75, 3.05) is 17.7 Å². The number of para-hydroxylation sites is 1. The molecule has 0 unspecified atom stereocenters. The van der Waals surface area contributed by atoms with Crippen molar-refractivity contribution in [3.05, 3.63) is 101 Å². The number of anilines is 1. The largest absolute Gasteiger partial charge is 0.494 e. The van der Waals surface area contributed by atoms with Crippen LogP contribution in [0.3, 0.4) is 0 Å². The number of hydrogen-bond acceptors (Lipinski definition) is 6. The van der Waals surface area contributed by atoms with E-state index in [1.165, 1.54) is 23.1 Å². The molecule has 8 heteroatoms. The van der Waals surface area contributed by atoms with Crippen LogP contribution in [0.2, 0.25) is 0 Å². The molecule has 5 aromatic rings. The first-order valence-electron chi connectivity index (χ1n) is 11.5. The van der Waals surface area contributed by atoms with Gasteiger partial charge in [0.2, 0.25) is 5.91 Å². The fourth-order valence-electron chi connectivity index (χ4n) is 3.74. The van der Waals surface area contributed by atoms with Crippen LogP contribution in [0.15, 0.2) is 101 Å². The molecule has 0 saturated heterocycles. The quantitative estimate of drug-likeness (QED) is 0.196. The Hall–Kier alpha value is -3.88. The van der Waals surface area contributed by atoms with Crippen molar-refractivity contribution in [3.63, 3.8) is 0 Å². The van der Waals surface area contributed by atoms with Crippen LogP contribution in [-0.4, -0.2) is 27.8 Å². The number of rotatable bonds is 8. The minimum Gasteiger partial charge on any atom is -0.494 e. The normalized spacial score (nSPS) is 10.9. The minimum atomic E-state index is -0.186. The molecule has 0 aliphatic carbocycles. The average molecular weight is 514 g/mol. The number of nitrogens with zero attached hydrogens (tertiary/aromatic N) is 2. The number of thioether (sulfide) groups is 1. The van der Waals surface area contributed by atoms with Gasteiger partial charge in [0.05, 0.1) is 23.4 Å². The molecule has 0 saturated carbocycles. The molecule has 0 spiro atoms. The molecule has 3 aromatic carbocycles. The second-order valence-corrected chi connectivity index (χ2v) is 9.83. The van der Waals surface area contributed by atoms with Gasteiger partial charge >= 0.3 is 0 Å². The van der Waals surface area contributed by atoms with Crippen molar-refractivity contribution < 1.29 is 9.53 Å². The van der Waals surface area contributed by atoms with Gasteiger partial charge in [0, 0.05) is 10.6 Å². The molecule has 0 bridgehead atoms. The van der Waals surface area contributed by atoms with Gasteiger partial charge in [-0.1, -0.05) is 60.3 Å². The SMILES string of the molecule is CCOc1ccc(NC(=O)CSc2nc3sc(-c4ccccc4)cc3c(=O)n2-c2ccccc2)cc1. The van der Waals surface area contributed by atoms with Gasteiger partial charge in [0.1, 0.15) is 10.6 Å². The molecule has 0 aliphatic rings. The molecule has 180 valence electrons. The van der Waals surface area contributed by atoms with E-state index in [0.717, 1.165) is 16.2 Å². The third-order valence-corrected chi connectivity index (χ3v) is 7.41. The number of carbonyl (C=O) groups excluding carboxylic acids is 1. The summed E-state index contributed by atoms with van der Waals surface area (Å²) in [5.74, 6) is 0.670. The molecule has 1 amide bonds. The predicted molar refractivity (Wildman–Crippen MR) is 148 cm³/mol. The number of carbonyl (C=O) groups is 1. The number of thiophene rings is 1. The van der Waals surface area contributed by atoms with Gasteiger partial charge in [0.15, 0.2) is 5.16 Å². The van der Waals surface area contributed by atoms with E-state index in [9.17, 15) is 9.59 Å². The molecule has 6 nitrogen and oxygen atoms in total. The second kappa shape index (κ2) is 10.8. The van der Waals surface area contributed by atoms with E-state index in [0.29, 0.717) is 33.4 Å². The van der Waals surface area contributed by atoms with Crippen molar-refractivity contribution in [1.29, 1.82) is 0 Å². The standard InChI is InChI=1S/C28H23N3O3S2/c1-2-34-22-15-13-20(14-16-22)29-25(32)18-35-28-30-26-23(17-24(36-26)19-9-5-3-6-10-19)27(33)31(28)21-11-7-4-8-12-21/h3-17H,2,18H2,1H3,(H,29,32). The number of aromatic nitrogens is 2. The average Bonchev–Trinajstić information content (AvgIpc) is 3.35. The Bertz CT molecular complexity index is 1550. The van der Waals surface area contributed by atoms with Crippen LogP contribution in [0.4, 0.5) is 5.69 Å². The van der Waals surface area contributed by atoms with Crippen molar-refractivity contribution >= 4 is 44.9 Å². The number of hydrogen-bond donors (Lipinski definition) is 1.